The van der Waals surface area contributed by atoms with Crippen molar-refractivity contribution in [2.24, 2.45) is 5.92 Å². The number of esters is 1. The monoisotopic (exact) mass is 185 g/mol. The molecule has 1 aliphatic rings. The summed E-state index contributed by atoms with van der Waals surface area (Å²) in [6.07, 6.45) is 3.03. The highest BCUT2D eigenvalue weighted by Crippen LogP contribution is 2.33. The molecule has 1 unspecified atom stereocenters. The zero-order valence-corrected chi connectivity index (χ0v) is 8.00. The lowest BCUT2D eigenvalue weighted by Crippen LogP contribution is -2.40. The largest absolute Gasteiger partial charge is 0.467 e. The van der Waals surface area contributed by atoms with Crippen molar-refractivity contribution >= 4 is 11.9 Å². The Bertz CT molecular complexity index is 211. The Morgan fingerprint density at radius 3 is 2.54 bits per heavy atom. The molecule has 1 amide bonds. The van der Waals surface area contributed by atoms with Gasteiger partial charge in [-0.3, -0.25) is 4.79 Å². The number of carbonyl (C=O) groups excluding carboxylic acids is 2. The van der Waals surface area contributed by atoms with Gasteiger partial charge in [0.2, 0.25) is 5.91 Å². The molecule has 0 spiro atoms. The van der Waals surface area contributed by atoms with E-state index in [-0.39, 0.29) is 11.9 Å². The molecule has 0 heterocycles. The van der Waals surface area contributed by atoms with Gasteiger partial charge in [0, 0.05) is 6.92 Å². The second kappa shape index (κ2) is 4.25. The molecule has 1 saturated carbocycles. The molecule has 0 saturated heterocycles. The second-order valence-electron chi connectivity index (χ2n) is 3.46. The van der Waals surface area contributed by atoms with Crippen molar-refractivity contribution in [3.63, 3.8) is 0 Å². The molecule has 1 atom stereocenters. The van der Waals surface area contributed by atoms with E-state index in [1.807, 2.05) is 0 Å². The first-order chi connectivity index (χ1) is 6.13. The molecule has 4 heteroatoms. The van der Waals surface area contributed by atoms with Crippen molar-refractivity contribution in [2.75, 3.05) is 7.11 Å². The number of ether oxygens (including phenoxy) is 1. The minimum Gasteiger partial charge on any atom is -0.467 e. The van der Waals surface area contributed by atoms with Crippen molar-refractivity contribution in [3.8, 4) is 0 Å². The van der Waals surface area contributed by atoms with Gasteiger partial charge in [-0.05, 0) is 12.3 Å². The summed E-state index contributed by atoms with van der Waals surface area (Å²) in [4.78, 5) is 21.9. The zero-order valence-electron chi connectivity index (χ0n) is 8.00. The molecule has 4 nitrogen and oxygen atoms in total. The van der Waals surface area contributed by atoms with Crippen LogP contribution in [0.4, 0.5) is 0 Å². The summed E-state index contributed by atoms with van der Waals surface area (Å²) >= 11 is 0. The maximum atomic E-state index is 11.2. The average molecular weight is 185 g/mol. The van der Waals surface area contributed by atoms with Gasteiger partial charge in [0.15, 0.2) is 0 Å². The first-order valence-corrected chi connectivity index (χ1v) is 4.48. The highest BCUT2D eigenvalue weighted by Gasteiger charge is 2.30. The summed E-state index contributed by atoms with van der Waals surface area (Å²) in [5.41, 5.74) is 0. The first kappa shape index (κ1) is 10.0. The van der Waals surface area contributed by atoms with Crippen LogP contribution >= 0.6 is 0 Å². The van der Waals surface area contributed by atoms with Crippen LogP contribution in [0.15, 0.2) is 0 Å². The Morgan fingerprint density at radius 1 is 1.54 bits per heavy atom. The Hall–Kier alpha value is -1.06. The summed E-state index contributed by atoms with van der Waals surface area (Å²) < 4.78 is 4.59. The molecule has 13 heavy (non-hydrogen) atoms. The maximum Gasteiger partial charge on any atom is 0.328 e. The Morgan fingerprint density at radius 2 is 2.15 bits per heavy atom. The van der Waals surface area contributed by atoms with Gasteiger partial charge in [-0.1, -0.05) is 12.8 Å². The molecule has 0 aromatic rings. The van der Waals surface area contributed by atoms with Crippen LogP contribution in [0.25, 0.3) is 0 Å². The van der Waals surface area contributed by atoms with Crippen LogP contribution in [0.1, 0.15) is 26.2 Å². The third kappa shape index (κ3) is 3.44. The summed E-state index contributed by atoms with van der Waals surface area (Å²) in [6, 6.07) is -0.449. The normalized spacial score (nSPS) is 17.7. The van der Waals surface area contributed by atoms with Gasteiger partial charge in [-0.25, -0.2) is 4.79 Å². The number of hydrogen-bond donors (Lipinski definition) is 1. The summed E-state index contributed by atoms with van der Waals surface area (Å²) in [5, 5.41) is 2.59. The SMILES string of the molecule is COC(=O)C(CC1CC1)NC(C)=O. The number of amides is 1. The number of carbonyl (C=O) groups is 2. The molecule has 0 aromatic carbocycles. The molecule has 74 valence electrons. The summed E-state index contributed by atoms with van der Waals surface area (Å²) in [5.74, 6) is 0.0640. The minimum absolute atomic E-state index is 0.184. The maximum absolute atomic E-state index is 11.2. The zero-order chi connectivity index (χ0) is 9.84. The fraction of sp³-hybridized carbons (Fsp3) is 0.778. The van der Waals surface area contributed by atoms with Gasteiger partial charge in [0.1, 0.15) is 6.04 Å². The van der Waals surface area contributed by atoms with Crippen LogP contribution in [-0.2, 0) is 14.3 Å². The number of methoxy groups -OCH3 is 1. The van der Waals surface area contributed by atoms with E-state index in [4.69, 9.17) is 0 Å². The van der Waals surface area contributed by atoms with Gasteiger partial charge >= 0.3 is 5.97 Å². The van der Waals surface area contributed by atoms with Crippen LogP contribution in [-0.4, -0.2) is 25.0 Å². The summed E-state index contributed by atoms with van der Waals surface area (Å²) in [7, 11) is 1.34. The van der Waals surface area contributed by atoms with E-state index >= 15 is 0 Å². The van der Waals surface area contributed by atoms with Gasteiger partial charge in [0.05, 0.1) is 7.11 Å². The standard InChI is InChI=1S/C9H15NO3/c1-6(11)10-8(9(12)13-2)5-7-3-4-7/h7-8H,3-5H2,1-2H3,(H,10,11). The number of rotatable bonds is 4. The first-order valence-electron chi connectivity index (χ1n) is 4.48. The molecular weight excluding hydrogens is 170 g/mol. The fourth-order valence-corrected chi connectivity index (χ4v) is 1.29. The van der Waals surface area contributed by atoms with E-state index < -0.39 is 6.04 Å². The Labute approximate surface area is 77.6 Å². The molecule has 1 aliphatic carbocycles. The van der Waals surface area contributed by atoms with Gasteiger partial charge in [-0.2, -0.15) is 0 Å². The lowest BCUT2D eigenvalue weighted by molar-refractivity contribution is -0.145. The van der Waals surface area contributed by atoms with Crippen molar-refractivity contribution < 1.29 is 14.3 Å². The topological polar surface area (TPSA) is 55.4 Å². The highest BCUT2D eigenvalue weighted by molar-refractivity contribution is 5.83. The number of hydrogen-bond acceptors (Lipinski definition) is 3. The van der Waals surface area contributed by atoms with E-state index in [1.54, 1.807) is 0 Å². The molecule has 1 N–H and O–H groups in total. The minimum atomic E-state index is -0.449. The van der Waals surface area contributed by atoms with Gasteiger partial charge in [0.25, 0.3) is 0 Å². The van der Waals surface area contributed by atoms with Crippen molar-refractivity contribution in [3.05, 3.63) is 0 Å². The quantitative estimate of drug-likeness (QED) is 0.647. The second-order valence-corrected chi connectivity index (χ2v) is 3.46. The fourth-order valence-electron chi connectivity index (χ4n) is 1.29. The van der Waals surface area contributed by atoms with E-state index in [9.17, 15) is 9.59 Å². The third-order valence-electron chi connectivity index (χ3n) is 2.13. The van der Waals surface area contributed by atoms with Crippen LogP contribution in [0.5, 0.6) is 0 Å². The molecule has 1 fully saturated rings. The Kier molecular flexibility index (Phi) is 3.28. The highest BCUT2D eigenvalue weighted by atomic mass is 16.5. The smallest absolute Gasteiger partial charge is 0.328 e. The predicted molar refractivity (Wildman–Crippen MR) is 47.0 cm³/mol. The molecule has 0 aliphatic heterocycles. The van der Waals surface area contributed by atoms with E-state index in [0.717, 1.165) is 12.8 Å². The van der Waals surface area contributed by atoms with Crippen LogP contribution in [0, 0.1) is 5.92 Å². The van der Waals surface area contributed by atoms with Crippen molar-refractivity contribution in [2.45, 2.75) is 32.2 Å². The van der Waals surface area contributed by atoms with Crippen LogP contribution < -0.4 is 5.32 Å². The molecule has 0 radical (unpaired) electrons. The van der Waals surface area contributed by atoms with Gasteiger partial charge < -0.3 is 10.1 Å². The summed E-state index contributed by atoms with van der Waals surface area (Å²) in [6.45, 7) is 1.41. The van der Waals surface area contributed by atoms with Gasteiger partial charge in [-0.15, -0.1) is 0 Å². The Balaban J connectivity index is 2.41. The van der Waals surface area contributed by atoms with E-state index in [2.05, 4.69) is 10.1 Å². The van der Waals surface area contributed by atoms with E-state index in [0.29, 0.717) is 12.3 Å². The molecule has 0 bridgehead atoms. The average Bonchev–Trinajstić information content (AvgIpc) is 2.85. The molecule has 1 rings (SSSR count). The third-order valence-corrected chi connectivity index (χ3v) is 2.13. The number of nitrogens with one attached hydrogen (secondary N) is 1. The van der Waals surface area contributed by atoms with E-state index in [1.165, 1.54) is 14.0 Å². The van der Waals surface area contributed by atoms with Crippen molar-refractivity contribution in [1.29, 1.82) is 0 Å². The lowest BCUT2D eigenvalue weighted by atomic mass is 10.1. The van der Waals surface area contributed by atoms with Crippen LogP contribution in [0.2, 0.25) is 0 Å². The molecule has 0 aromatic heterocycles. The lowest BCUT2D eigenvalue weighted by Gasteiger charge is -2.14. The van der Waals surface area contributed by atoms with Crippen molar-refractivity contribution in [1.82, 2.24) is 5.32 Å². The predicted octanol–water partition coefficient (Wildman–Crippen LogP) is 0.464. The molecular formula is C9H15NO3. The van der Waals surface area contributed by atoms with Crippen LogP contribution in [0.3, 0.4) is 0 Å².